The van der Waals surface area contributed by atoms with Crippen LogP contribution in [0.15, 0.2) is 46.8 Å². The van der Waals surface area contributed by atoms with Crippen LogP contribution in [0.3, 0.4) is 0 Å². The predicted octanol–water partition coefficient (Wildman–Crippen LogP) is 2.66. The average Bonchev–Trinajstić information content (AvgIpc) is 3.20. The van der Waals surface area contributed by atoms with Gasteiger partial charge in [-0.05, 0) is 43.3 Å². The molecule has 27 heavy (non-hydrogen) atoms. The maximum Gasteiger partial charge on any atom is 0.265 e. The van der Waals surface area contributed by atoms with Crippen molar-refractivity contribution in [3.05, 3.63) is 46.7 Å². The molecule has 0 atom stereocenters. The molecule has 0 radical (unpaired) electrons. The van der Waals surface area contributed by atoms with Gasteiger partial charge in [0.2, 0.25) is 0 Å². The minimum Gasteiger partial charge on any atom is -0.482 e. The zero-order valence-corrected chi connectivity index (χ0v) is 16.4. The van der Waals surface area contributed by atoms with Gasteiger partial charge in [0.05, 0.1) is 5.69 Å². The number of hydrogen-bond donors (Lipinski definition) is 2. The second kappa shape index (κ2) is 9.97. The third-order valence-corrected chi connectivity index (χ3v) is 5.14. The van der Waals surface area contributed by atoms with Crippen LogP contribution in [0.25, 0.3) is 0 Å². The fraction of sp³-hybridized carbons (Fsp3) is 0.400. The standard InChI is InChI=1S/C20H26N4O2S/c1-2-21-20(23-12-10-16-7-5-14-27-16)22-11-6-13-24-17-8-3-4-9-18(17)26-15-19(24)25/h3-5,7-9,14H,2,6,10-13,15H2,1H3,(H2,21,22,23). The number of para-hydroxylation sites is 2. The molecule has 2 aromatic rings. The first-order valence-corrected chi connectivity index (χ1v) is 10.2. The molecule has 0 spiro atoms. The summed E-state index contributed by atoms with van der Waals surface area (Å²) in [6.07, 6.45) is 1.78. The van der Waals surface area contributed by atoms with Crippen molar-refractivity contribution in [2.45, 2.75) is 19.8 Å². The van der Waals surface area contributed by atoms with Crippen LogP contribution in [-0.4, -0.2) is 44.7 Å². The number of anilines is 1. The molecule has 6 nitrogen and oxygen atoms in total. The molecule has 1 amide bonds. The number of hydrogen-bond acceptors (Lipinski definition) is 4. The van der Waals surface area contributed by atoms with Crippen LogP contribution in [0, 0.1) is 0 Å². The van der Waals surface area contributed by atoms with Crippen molar-refractivity contribution in [2.24, 2.45) is 4.99 Å². The number of carbonyl (C=O) groups is 1. The molecular weight excluding hydrogens is 360 g/mol. The van der Waals surface area contributed by atoms with E-state index >= 15 is 0 Å². The van der Waals surface area contributed by atoms with E-state index in [-0.39, 0.29) is 12.5 Å². The van der Waals surface area contributed by atoms with Gasteiger partial charge in [0.1, 0.15) is 5.75 Å². The molecule has 0 saturated heterocycles. The quantitative estimate of drug-likeness (QED) is 0.416. The molecule has 1 aliphatic rings. The summed E-state index contributed by atoms with van der Waals surface area (Å²) in [5, 5.41) is 8.73. The third-order valence-electron chi connectivity index (χ3n) is 4.21. The van der Waals surface area contributed by atoms with Crippen LogP contribution in [0.5, 0.6) is 5.75 Å². The van der Waals surface area contributed by atoms with Gasteiger partial charge < -0.3 is 20.3 Å². The maximum absolute atomic E-state index is 12.2. The Morgan fingerprint density at radius 2 is 2.15 bits per heavy atom. The summed E-state index contributed by atoms with van der Waals surface area (Å²) in [5.74, 6) is 1.59. The summed E-state index contributed by atoms with van der Waals surface area (Å²) in [5.41, 5.74) is 0.846. The number of rotatable bonds is 8. The smallest absolute Gasteiger partial charge is 0.265 e. The van der Waals surface area contributed by atoms with Crippen molar-refractivity contribution in [3.8, 4) is 5.75 Å². The number of guanidine groups is 1. The fourth-order valence-corrected chi connectivity index (χ4v) is 3.63. The SMILES string of the molecule is CCNC(=NCCCN1C(=O)COc2ccccc21)NCCc1cccs1. The van der Waals surface area contributed by atoms with Gasteiger partial charge in [0.25, 0.3) is 5.91 Å². The zero-order valence-electron chi connectivity index (χ0n) is 15.6. The van der Waals surface area contributed by atoms with E-state index in [1.165, 1.54) is 4.88 Å². The molecule has 0 unspecified atom stereocenters. The second-order valence-corrected chi connectivity index (χ2v) is 7.20. The number of fused-ring (bicyclic) bond motifs is 1. The van der Waals surface area contributed by atoms with Crippen molar-refractivity contribution in [2.75, 3.05) is 37.7 Å². The minimum atomic E-state index is -0.00124. The number of benzene rings is 1. The van der Waals surface area contributed by atoms with Crippen LogP contribution >= 0.6 is 11.3 Å². The normalized spacial score (nSPS) is 13.9. The van der Waals surface area contributed by atoms with Gasteiger partial charge in [-0.3, -0.25) is 9.79 Å². The Hall–Kier alpha value is -2.54. The molecule has 1 aliphatic heterocycles. The molecule has 1 aromatic carbocycles. The number of nitrogens with zero attached hydrogens (tertiary/aromatic N) is 2. The van der Waals surface area contributed by atoms with Crippen LogP contribution < -0.4 is 20.3 Å². The largest absolute Gasteiger partial charge is 0.482 e. The summed E-state index contributed by atoms with van der Waals surface area (Å²) in [6.45, 7) is 5.12. The fourth-order valence-electron chi connectivity index (χ4n) is 2.92. The summed E-state index contributed by atoms with van der Waals surface area (Å²) < 4.78 is 5.48. The lowest BCUT2D eigenvalue weighted by atomic mass is 10.2. The summed E-state index contributed by atoms with van der Waals surface area (Å²) in [4.78, 5) is 20.0. The molecule has 0 saturated carbocycles. The van der Waals surface area contributed by atoms with Crippen molar-refractivity contribution in [1.29, 1.82) is 0 Å². The van der Waals surface area contributed by atoms with Gasteiger partial charge in [-0.15, -0.1) is 11.3 Å². The number of amides is 1. The van der Waals surface area contributed by atoms with Gasteiger partial charge in [0, 0.05) is 31.1 Å². The highest BCUT2D eigenvalue weighted by atomic mass is 32.1. The van der Waals surface area contributed by atoms with E-state index in [0.29, 0.717) is 13.1 Å². The van der Waals surface area contributed by atoms with Gasteiger partial charge in [-0.2, -0.15) is 0 Å². The average molecular weight is 387 g/mol. The Bertz CT molecular complexity index is 761. The van der Waals surface area contributed by atoms with Crippen LogP contribution in [0.1, 0.15) is 18.2 Å². The molecule has 3 rings (SSSR count). The summed E-state index contributed by atoms with van der Waals surface area (Å²) in [7, 11) is 0. The summed E-state index contributed by atoms with van der Waals surface area (Å²) in [6, 6.07) is 11.9. The summed E-state index contributed by atoms with van der Waals surface area (Å²) >= 11 is 1.77. The minimum absolute atomic E-state index is 0.00124. The zero-order chi connectivity index (χ0) is 18.9. The van der Waals surface area contributed by atoms with Crippen molar-refractivity contribution in [3.63, 3.8) is 0 Å². The van der Waals surface area contributed by atoms with Crippen LogP contribution in [0.4, 0.5) is 5.69 Å². The monoisotopic (exact) mass is 386 g/mol. The number of nitrogens with one attached hydrogen (secondary N) is 2. The van der Waals surface area contributed by atoms with Crippen LogP contribution in [-0.2, 0) is 11.2 Å². The van der Waals surface area contributed by atoms with E-state index in [2.05, 4.69) is 40.1 Å². The third kappa shape index (κ3) is 5.47. The first-order valence-electron chi connectivity index (χ1n) is 9.34. The highest BCUT2D eigenvalue weighted by Gasteiger charge is 2.24. The van der Waals surface area contributed by atoms with Gasteiger partial charge in [-0.1, -0.05) is 18.2 Å². The first kappa shape index (κ1) is 19.2. The second-order valence-electron chi connectivity index (χ2n) is 6.17. The Labute approximate surface area is 164 Å². The van der Waals surface area contributed by atoms with E-state index in [0.717, 1.165) is 43.3 Å². The Morgan fingerprint density at radius 3 is 2.96 bits per heavy atom. The molecular formula is C20H26N4O2S. The molecule has 144 valence electrons. The molecule has 0 fully saturated rings. The number of aliphatic imine (C=N–C) groups is 1. The highest BCUT2D eigenvalue weighted by molar-refractivity contribution is 7.09. The van der Waals surface area contributed by atoms with E-state index in [9.17, 15) is 4.79 Å². The van der Waals surface area contributed by atoms with Gasteiger partial charge in [0.15, 0.2) is 12.6 Å². The van der Waals surface area contributed by atoms with Gasteiger partial charge >= 0.3 is 0 Å². The molecule has 0 aliphatic carbocycles. The lowest BCUT2D eigenvalue weighted by Gasteiger charge is -2.29. The van der Waals surface area contributed by atoms with Crippen molar-refractivity contribution < 1.29 is 9.53 Å². The molecule has 2 heterocycles. The predicted molar refractivity (Wildman–Crippen MR) is 111 cm³/mol. The molecule has 1 aromatic heterocycles. The van der Waals surface area contributed by atoms with Crippen LogP contribution in [0.2, 0.25) is 0 Å². The molecule has 0 bridgehead atoms. The number of thiophene rings is 1. The highest BCUT2D eigenvalue weighted by Crippen LogP contribution is 2.31. The molecule has 7 heteroatoms. The lowest BCUT2D eigenvalue weighted by molar-refractivity contribution is -0.121. The van der Waals surface area contributed by atoms with E-state index in [4.69, 9.17) is 4.74 Å². The first-order chi connectivity index (χ1) is 13.3. The maximum atomic E-state index is 12.2. The number of carbonyl (C=O) groups excluding carboxylic acids is 1. The number of ether oxygens (including phenoxy) is 1. The van der Waals surface area contributed by atoms with Crippen molar-refractivity contribution in [1.82, 2.24) is 10.6 Å². The van der Waals surface area contributed by atoms with E-state index < -0.39 is 0 Å². The Morgan fingerprint density at radius 1 is 1.26 bits per heavy atom. The van der Waals surface area contributed by atoms with E-state index in [1.807, 2.05) is 24.3 Å². The van der Waals surface area contributed by atoms with Gasteiger partial charge in [-0.25, -0.2) is 0 Å². The van der Waals surface area contributed by atoms with E-state index in [1.54, 1.807) is 16.2 Å². The molecule has 2 N–H and O–H groups in total. The Kier molecular flexibility index (Phi) is 7.10. The Balaban J connectivity index is 1.48. The lowest BCUT2D eigenvalue weighted by Crippen LogP contribution is -2.40. The van der Waals surface area contributed by atoms with Crippen molar-refractivity contribution >= 4 is 28.9 Å². The topological polar surface area (TPSA) is 66.0 Å².